The Bertz CT molecular complexity index is 3530. The van der Waals surface area contributed by atoms with E-state index in [1.807, 2.05) is 0 Å². The highest BCUT2D eigenvalue weighted by molar-refractivity contribution is 6.29. The van der Waals surface area contributed by atoms with E-state index < -0.39 is 0 Å². The fourth-order valence-corrected chi connectivity index (χ4v) is 9.61. The summed E-state index contributed by atoms with van der Waals surface area (Å²) in [5, 5.41) is 16.9. The first-order valence-corrected chi connectivity index (χ1v) is 18.9. The number of aromatic nitrogens is 2. The monoisotopic (exact) mass is 698 g/mol. The van der Waals surface area contributed by atoms with E-state index in [4.69, 9.17) is 4.42 Å². The lowest BCUT2D eigenvalue weighted by Crippen LogP contribution is -1.94. The van der Waals surface area contributed by atoms with Crippen LogP contribution in [0.2, 0.25) is 0 Å². The Labute approximate surface area is 314 Å². The van der Waals surface area contributed by atoms with E-state index in [0.29, 0.717) is 0 Å². The molecule has 3 aromatic heterocycles. The van der Waals surface area contributed by atoms with Crippen LogP contribution in [0.4, 0.5) is 0 Å². The maximum atomic E-state index is 7.22. The number of para-hydroxylation sites is 2. The molecule has 0 spiro atoms. The molecule has 13 rings (SSSR count). The maximum Gasteiger partial charge on any atom is 0.145 e. The number of furan rings is 1. The molecule has 3 heterocycles. The Morgan fingerprint density at radius 3 is 1.13 bits per heavy atom. The minimum Gasteiger partial charge on any atom is -0.455 e. The third-order valence-electron chi connectivity index (χ3n) is 12.1. The van der Waals surface area contributed by atoms with Gasteiger partial charge in [-0.1, -0.05) is 121 Å². The Hall–Kier alpha value is -7.36. The molecule has 0 radical (unpaired) electrons. The van der Waals surface area contributed by atoms with Crippen LogP contribution in [-0.2, 0) is 0 Å². The highest BCUT2D eigenvalue weighted by Crippen LogP contribution is 2.45. The smallest absolute Gasteiger partial charge is 0.145 e. The van der Waals surface area contributed by atoms with Crippen molar-refractivity contribution in [2.75, 3.05) is 0 Å². The number of benzene rings is 10. The predicted molar refractivity (Wildman–Crippen MR) is 232 cm³/mol. The van der Waals surface area contributed by atoms with Crippen LogP contribution in [0.5, 0.6) is 0 Å². The summed E-state index contributed by atoms with van der Waals surface area (Å²) in [7, 11) is 0. The molecule has 0 aliphatic rings. The molecule has 0 aliphatic heterocycles. The molecule has 0 amide bonds. The molecule has 13 aromatic rings. The molecule has 0 N–H and O–H groups in total. The molecule has 0 aliphatic carbocycles. The first kappa shape index (κ1) is 29.1. The van der Waals surface area contributed by atoms with Gasteiger partial charge in [-0.05, 0) is 104 Å². The Kier molecular flexibility index (Phi) is 5.63. The van der Waals surface area contributed by atoms with Gasteiger partial charge in [0, 0.05) is 32.9 Å². The second kappa shape index (κ2) is 10.6. The van der Waals surface area contributed by atoms with Gasteiger partial charge in [0.05, 0.1) is 32.8 Å². The predicted octanol–water partition coefficient (Wildman–Crippen LogP) is 14.4. The summed E-state index contributed by atoms with van der Waals surface area (Å²) in [6.07, 6.45) is 0. The Morgan fingerprint density at radius 2 is 0.655 bits per heavy atom. The highest BCUT2D eigenvalue weighted by atomic mass is 16.3. The van der Waals surface area contributed by atoms with Crippen molar-refractivity contribution in [2.45, 2.75) is 0 Å². The van der Waals surface area contributed by atoms with Crippen molar-refractivity contribution < 1.29 is 4.42 Å². The third-order valence-corrected chi connectivity index (χ3v) is 12.1. The molecule has 254 valence electrons. The zero-order chi connectivity index (χ0) is 35.8. The summed E-state index contributed by atoms with van der Waals surface area (Å²) < 4.78 is 12.0. The summed E-state index contributed by atoms with van der Waals surface area (Å²) >= 11 is 0. The van der Waals surface area contributed by atoms with Crippen LogP contribution in [-0.4, -0.2) is 9.13 Å². The van der Waals surface area contributed by atoms with Gasteiger partial charge in [-0.25, -0.2) is 0 Å². The summed E-state index contributed by atoms with van der Waals surface area (Å²) in [6, 6.07) is 66.5. The molecule has 3 nitrogen and oxygen atoms in total. The minimum absolute atomic E-state index is 0.926. The van der Waals surface area contributed by atoms with Gasteiger partial charge in [0.15, 0.2) is 0 Å². The van der Waals surface area contributed by atoms with Gasteiger partial charge in [0.2, 0.25) is 0 Å². The van der Waals surface area contributed by atoms with Crippen molar-refractivity contribution in [3.05, 3.63) is 182 Å². The number of fused-ring (bicyclic) bond motifs is 17. The lowest BCUT2D eigenvalue weighted by molar-refractivity contribution is 0.677. The summed E-state index contributed by atoms with van der Waals surface area (Å²) in [5.74, 6) is 0. The molecular formula is C52H30N2O. The summed E-state index contributed by atoms with van der Waals surface area (Å²) in [4.78, 5) is 0. The van der Waals surface area contributed by atoms with Crippen LogP contribution in [0.25, 0.3) is 120 Å². The largest absolute Gasteiger partial charge is 0.455 e. The highest BCUT2D eigenvalue weighted by Gasteiger charge is 2.22. The van der Waals surface area contributed by atoms with Crippen LogP contribution in [0, 0.1) is 0 Å². The second-order valence-corrected chi connectivity index (χ2v) is 14.9. The standard InChI is InChI=1S/C52H30N2O/c1-3-11-37-31(9-1)17-19-33-21-23-35(29-43(33)37)53-45-15-7-5-13-41(45)49-47(53)27-25-39-40-26-28-48-50(52(40)55-51(39)49)42-14-6-8-16-46(42)54(48)36-24-22-34-20-18-32-10-2-4-12-38(32)44(34)30-36/h1-30H. The molecule has 0 unspecified atom stereocenters. The van der Waals surface area contributed by atoms with Gasteiger partial charge in [-0.2, -0.15) is 0 Å². The average molecular weight is 699 g/mol. The van der Waals surface area contributed by atoms with E-state index in [2.05, 4.69) is 191 Å². The van der Waals surface area contributed by atoms with E-state index in [1.54, 1.807) is 0 Å². The van der Waals surface area contributed by atoms with Crippen LogP contribution in [0.15, 0.2) is 186 Å². The van der Waals surface area contributed by atoms with Gasteiger partial charge in [0.1, 0.15) is 11.2 Å². The molecular weight excluding hydrogens is 669 g/mol. The normalized spacial score (nSPS) is 12.4. The topological polar surface area (TPSA) is 23.0 Å². The number of nitrogens with zero attached hydrogens (tertiary/aromatic N) is 2. The van der Waals surface area contributed by atoms with Gasteiger partial charge in [-0.15, -0.1) is 0 Å². The first-order chi connectivity index (χ1) is 27.3. The van der Waals surface area contributed by atoms with Crippen molar-refractivity contribution in [1.29, 1.82) is 0 Å². The van der Waals surface area contributed by atoms with E-state index >= 15 is 0 Å². The van der Waals surface area contributed by atoms with Crippen molar-refractivity contribution in [2.24, 2.45) is 0 Å². The quantitative estimate of drug-likeness (QED) is 0.165. The zero-order valence-corrected chi connectivity index (χ0v) is 29.6. The van der Waals surface area contributed by atoms with Crippen molar-refractivity contribution in [1.82, 2.24) is 9.13 Å². The third kappa shape index (κ3) is 3.89. The number of hydrogen-bond acceptors (Lipinski definition) is 1. The van der Waals surface area contributed by atoms with Gasteiger partial charge >= 0.3 is 0 Å². The molecule has 0 fully saturated rings. The van der Waals surface area contributed by atoms with Gasteiger partial charge in [-0.3, -0.25) is 0 Å². The second-order valence-electron chi connectivity index (χ2n) is 14.9. The van der Waals surface area contributed by atoms with Crippen LogP contribution < -0.4 is 0 Å². The fraction of sp³-hybridized carbons (Fsp3) is 0. The zero-order valence-electron chi connectivity index (χ0n) is 29.6. The van der Waals surface area contributed by atoms with E-state index in [-0.39, 0.29) is 0 Å². The summed E-state index contributed by atoms with van der Waals surface area (Å²) in [6.45, 7) is 0. The lowest BCUT2D eigenvalue weighted by Gasteiger charge is -2.11. The minimum atomic E-state index is 0.926. The molecule has 3 heteroatoms. The fourth-order valence-electron chi connectivity index (χ4n) is 9.61. The van der Waals surface area contributed by atoms with E-state index in [1.165, 1.54) is 53.9 Å². The van der Waals surface area contributed by atoms with Crippen molar-refractivity contribution in [3.8, 4) is 11.4 Å². The lowest BCUT2D eigenvalue weighted by atomic mass is 10.0. The number of rotatable bonds is 2. The van der Waals surface area contributed by atoms with E-state index in [0.717, 1.165) is 66.2 Å². The Balaban J connectivity index is 1.10. The van der Waals surface area contributed by atoms with Gasteiger partial charge < -0.3 is 13.6 Å². The average Bonchev–Trinajstić information content (AvgIpc) is 3.91. The molecule has 0 saturated carbocycles. The van der Waals surface area contributed by atoms with Crippen LogP contribution in [0.1, 0.15) is 0 Å². The van der Waals surface area contributed by atoms with Crippen molar-refractivity contribution >= 4 is 109 Å². The van der Waals surface area contributed by atoms with E-state index in [9.17, 15) is 0 Å². The molecule has 55 heavy (non-hydrogen) atoms. The molecule has 10 aromatic carbocycles. The molecule has 0 saturated heterocycles. The Morgan fingerprint density at radius 1 is 0.273 bits per heavy atom. The van der Waals surface area contributed by atoms with Crippen LogP contribution in [0.3, 0.4) is 0 Å². The number of hydrogen-bond donors (Lipinski definition) is 0. The van der Waals surface area contributed by atoms with Crippen molar-refractivity contribution in [3.63, 3.8) is 0 Å². The summed E-state index contributed by atoms with van der Waals surface area (Å²) in [5.41, 5.74) is 8.72. The maximum absolute atomic E-state index is 7.22. The van der Waals surface area contributed by atoms with Crippen LogP contribution >= 0.6 is 0 Å². The SMILES string of the molecule is c1ccc2c(c1)ccc1ccc(-n3c4ccccc4c4c5oc6c(ccc7c6c6ccccc6n7-c6ccc7ccc8ccccc8c7c6)c5ccc43)cc12. The van der Waals surface area contributed by atoms with Gasteiger partial charge in [0.25, 0.3) is 0 Å². The molecule has 0 bridgehead atoms. The molecule has 0 atom stereocenters. The first-order valence-electron chi connectivity index (χ1n) is 18.9.